The third-order valence-electron chi connectivity index (χ3n) is 4.45. The third-order valence-corrected chi connectivity index (χ3v) is 6.60. The molecule has 1 heterocycles. The highest BCUT2D eigenvalue weighted by Crippen LogP contribution is 2.29. The van der Waals surface area contributed by atoms with Crippen molar-refractivity contribution in [3.8, 4) is 16.3 Å². The van der Waals surface area contributed by atoms with E-state index in [1.165, 1.54) is 24.3 Å². The molecule has 1 N–H and O–H groups in total. The van der Waals surface area contributed by atoms with Crippen LogP contribution < -0.4 is 9.50 Å². The Bertz CT molecular complexity index is 1400. The fourth-order valence-corrected chi connectivity index (χ4v) is 4.47. The molecule has 168 valence electrons. The molecule has 33 heavy (non-hydrogen) atoms. The zero-order valence-corrected chi connectivity index (χ0v) is 18.6. The van der Waals surface area contributed by atoms with Gasteiger partial charge in [-0.1, -0.05) is 35.1 Å². The Labute approximate surface area is 191 Å². The van der Waals surface area contributed by atoms with Crippen molar-refractivity contribution in [3.63, 3.8) is 0 Å². The van der Waals surface area contributed by atoms with Gasteiger partial charge in [0.05, 0.1) is 0 Å². The molecule has 1 aromatic heterocycles. The molecule has 11 heteroatoms. The van der Waals surface area contributed by atoms with Gasteiger partial charge in [-0.25, -0.2) is 8.78 Å². The SMILES string of the molecule is Cc1ccc(S(=O)(=O)Oc2ccc(-c3nnc(NC(=O)c4c(F)cccc4F)s3)cc2)cc1. The second-order valence-corrected chi connectivity index (χ2v) is 9.36. The van der Waals surface area contributed by atoms with Crippen LogP contribution in [0.3, 0.4) is 0 Å². The molecule has 0 saturated heterocycles. The van der Waals surface area contributed by atoms with Crippen molar-refractivity contribution < 1.29 is 26.2 Å². The van der Waals surface area contributed by atoms with E-state index in [9.17, 15) is 22.0 Å². The Morgan fingerprint density at radius 1 is 0.939 bits per heavy atom. The summed E-state index contributed by atoms with van der Waals surface area (Å²) < 4.78 is 57.5. The molecule has 0 aliphatic heterocycles. The molecule has 0 saturated carbocycles. The van der Waals surface area contributed by atoms with E-state index in [1.54, 1.807) is 24.3 Å². The van der Waals surface area contributed by atoms with Crippen LogP contribution in [-0.2, 0) is 10.1 Å². The standard InChI is InChI=1S/C22H15F2N3O4S2/c1-13-5-11-16(12-6-13)33(29,30)31-15-9-7-14(8-10-15)21-26-27-22(32-21)25-20(28)19-17(23)3-2-4-18(19)24/h2-12H,1H3,(H,25,27,28). The summed E-state index contributed by atoms with van der Waals surface area (Å²) in [7, 11) is -3.98. The Kier molecular flexibility index (Phi) is 6.16. The highest BCUT2D eigenvalue weighted by molar-refractivity contribution is 7.87. The molecule has 3 aromatic carbocycles. The van der Waals surface area contributed by atoms with E-state index >= 15 is 0 Å². The zero-order valence-electron chi connectivity index (χ0n) is 17.0. The number of anilines is 1. The number of aromatic nitrogens is 2. The first-order chi connectivity index (χ1) is 15.7. The fraction of sp³-hybridized carbons (Fsp3) is 0.0455. The van der Waals surface area contributed by atoms with Crippen LogP contribution in [0.15, 0.2) is 71.6 Å². The van der Waals surface area contributed by atoms with Gasteiger partial charge in [0.15, 0.2) is 0 Å². The van der Waals surface area contributed by atoms with Crippen molar-refractivity contribution in [2.75, 3.05) is 5.32 Å². The average molecular weight is 488 g/mol. The first-order valence-corrected chi connectivity index (χ1v) is 11.7. The van der Waals surface area contributed by atoms with Gasteiger partial charge in [-0.15, -0.1) is 10.2 Å². The number of carbonyl (C=O) groups excluding carboxylic acids is 1. The predicted molar refractivity (Wildman–Crippen MR) is 119 cm³/mol. The van der Waals surface area contributed by atoms with Crippen molar-refractivity contribution in [1.82, 2.24) is 10.2 Å². The first-order valence-electron chi connectivity index (χ1n) is 9.43. The van der Waals surface area contributed by atoms with Crippen molar-refractivity contribution in [2.24, 2.45) is 0 Å². The molecule has 0 aliphatic carbocycles. The van der Waals surface area contributed by atoms with E-state index in [0.29, 0.717) is 10.6 Å². The summed E-state index contributed by atoms with van der Waals surface area (Å²) in [6, 6.07) is 15.4. The predicted octanol–water partition coefficient (Wildman–Crippen LogP) is 4.81. The number of carbonyl (C=O) groups is 1. The lowest BCUT2D eigenvalue weighted by molar-refractivity contribution is 0.101. The lowest BCUT2D eigenvalue weighted by atomic mass is 10.2. The Hall–Kier alpha value is -3.70. The van der Waals surface area contributed by atoms with E-state index in [1.807, 2.05) is 6.92 Å². The van der Waals surface area contributed by atoms with Crippen LogP contribution in [0.5, 0.6) is 5.75 Å². The Morgan fingerprint density at radius 3 is 2.21 bits per heavy atom. The van der Waals surface area contributed by atoms with Crippen LogP contribution in [0.4, 0.5) is 13.9 Å². The van der Waals surface area contributed by atoms with Gasteiger partial charge in [-0.2, -0.15) is 8.42 Å². The molecular weight excluding hydrogens is 472 g/mol. The minimum absolute atomic E-state index is 0.0352. The summed E-state index contributed by atoms with van der Waals surface area (Å²) >= 11 is 0.980. The lowest BCUT2D eigenvalue weighted by Crippen LogP contribution is -2.15. The Balaban J connectivity index is 1.47. The minimum Gasteiger partial charge on any atom is -0.379 e. The van der Waals surface area contributed by atoms with Crippen LogP contribution in [0.1, 0.15) is 15.9 Å². The maximum absolute atomic E-state index is 13.8. The molecule has 0 fully saturated rings. The molecule has 0 bridgehead atoms. The van der Waals surface area contributed by atoms with E-state index in [0.717, 1.165) is 35.1 Å². The maximum Gasteiger partial charge on any atom is 0.339 e. The van der Waals surface area contributed by atoms with E-state index in [2.05, 4.69) is 15.5 Å². The molecule has 1 amide bonds. The number of aryl methyl sites for hydroxylation is 1. The van der Waals surface area contributed by atoms with Crippen LogP contribution in [0.25, 0.3) is 10.6 Å². The van der Waals surface area contributed by atoms with Crippen LogP contribution in [0, 0.1) is 18.6 Å². The number of benzene rings is 3. The van der Waals surface area contributed by atoms with Gasteiger partial charge >= 0.3 is 10.1 Å². The highest BCUT2D eigenvalue weighted by atomic mass is 32.2. The van der Waals surface area contributed by atoms with Gasteiger partial charge in [0.2, 0.25) is 5.13 Å². The van der Waals surface area contributed by atoms with Gasteiger partial charge in [-0.05, 0) is 55.5 Å². The number of halogens is 2. The summed E-state index contributed by atoms with van der Waals surface area (Å²) in [5.74, 6) is -2.87. The normalized spacial score (nSPS) is 11.2. The molecule has 4 rings (SSSR count). The smallest absolute Gasteiger partial charge is 0.339 e. The number of hydrogen-bond acceptors (Lipinski definition) is 7. The first kappa shape index (κ1) is 22.5. The van der Waals surface area contributed by atoms with Gasteiger partial charge in [0.1, 0.15) is 32.9 Å². The summed E-state index contributed by atoms with van der Waals surface area (Å²) in [6.45, 7) is 1.85. The van der Waals surface area contributed by atoms with E-state index in [-0.39, 0.29) is 15.8 Å². The second-order valence-electron chi connectivity index (χ2n) is 6.84. The summed E-state index contributed by atoms with van der Waals surface area (Å²) in [4.78, 5) is 12.2. The molecule has 7 nitrogen and oxygen atoms in total. The molecular formula is C22H15F2N3O4S2. The number of nitrogens with zero attached hydrogens (tertiary/aromatic N) is 2. The lowest BCUT2D eigenvalue weighted by Gasteiger charge is -2.07. The Morgan fingerprint density at radius 2 is 1.58 bits per heavy atom. The second kappa shape index (κ2) is 9.04. The molecule has 0 spiro atoms. The molecule has 0 atom stereocenters. The monoisotopic (exact) mass is 487 g/mol. The van der Waals surface area contributed by atoms with Crippen molar-refractivity contribution in [2.45, 2.75) is 11.8 Å². The van der Waals surface area contributed by atoms with Gasteiger partial charge in [-0.3, -0.25) is 10.1 Å². The van der Waals surface area contributed by atoms with Crippen molar-refractivity contribution in [3.05, 3.63) is 89.5 Å². The summed E-state index contributed by atoms with van der Waals surface area (Å²) in [5, 5.41) is 10.5. The number of amides is 1. The summed E-state index contributed by atoms with van der Waals surface area (Å²) in [5.41, 5.74) is 0.778. The quantitative estimate of drug-likeness (QED) is 0.392. The molecule has 0 radical (unpaired) electrons. The molecule has 4 aromatic rings. The third kappa shape index (κ3) is 5.04. The molecule has 0 unspecified atom stereocenters. The van der Waals surface area contributed by atoms with Crippen LogP contribution in [0.2, 0.25) is 0 Å². The van der Waals surface area contributed by atoms with Gasteiger partial charge in [0, 0.05) is 5.56 Å². The number of hydrogen-bond donors (Lipinski definition) is 1. The fourth-order valence-electron chi connectivity index (χ4n) is 2.80. The highest BCUT2D eigenvalue weighted by Gasteiger charge is 2.19. The zero-order chi connectivity index (χ0) is 23.6. The minimum atomic E-state index is -3.98. The molecule has 0 aliphatic rings. The largest absolute Gasteiger partial charge is 0.379 e. The van der Waals surface area contributed by atoms with E-state index < -0.39 is 33.2 Å². The number of rotatable bonds is 6. The van der Waals surface area contributed by atoms with Gasteiger partial charge in [0.25, 0.3) is 5.91 Å². The van der Waals surface area contributed by atoms with Crippen molar-refractivity contribution in [1.29, 1.82) is 0 Å². The summed E-state index contributed by atoms with van der Waals surface area (Å²) in [6.07, 6.45) is 0. The topological polar surface area (TPSA) is 98.2 Å². The van der Waals surface area contributed by atoms with Gasteiger partial charge < -0.3 is 4.18 Å². The maximum atomic E-state index is 13.8. The average Bonchev–Trinajstić information content (AvgIpc) is 3.22. The van der Waals surface area contributed by atoms with Crippen LogP contribution in [-0.4, -0.2) is 24.5 Å². The van der Waals surface area contributed by atoms with E-state index in [4.69, 9.17) is 4.18 Å². The van der Waals surface area contributed by atoms with Crippen molar-refractivity contribution >= 4 is 32.5 Å². The van der Waals surface area contributed by atoms with Crippen LogP contribution >= 0.6 is 11.3 Å². The number of nitrogens with one attached hydrogen (secondary N) is 1.